The number of hydrogen-bond acceptors (Lipinski definition) is 4. The van der Waals surface area contributed by atoms with E-state index in [-0.39, 0.29) is 0 Å². The first kappa shape index (κ1) is 9.24. The van der Waals surface area contributed by atoms with Gasteiger partial charge in [0.2, 0.25) is 0 Å². The largest absolute Gasteiger partial charge is 0.346 e. The summed E-state index contributed by atoms with van der Waals surface area (Å²) >= 11 is 7.38. The molecule has 0 bridgehead atoms. The van der Waals surface area contributed by atoms with Crippen LogP contribution in [0.4, 0.5) is 5.13 Å². The molecule has 1 aromatic rings. The Labute approximate surface area is 86.7 Å². The highest BCUT2D eigenvalue weighted by Crippen LogP contribution is 2.21. The van der Waals surface area contributed by atoms with Gasteiger partial charge in [0, 0.05) is 31.6 Å². The Morgan fingerprint density at radius 3 is 2.92 bits per heavy atom. The molecule has 1 fully saturated rings. The smallest absolute Gasteiger partial charge is 0.185 e. The average molecular weight is 218 g/mol. The van der Waals surface area contributed by atoms with Crippen LogP contribution in [0.15, 0.2) is 5.38 Å². The van der Waals surface area contributed by atoms with E-state index < -0.39 is 0 Å². The van der Waals surface area contributed by atoms with Gasteiger partial charge in [-0.25, -0.2) is 4.98 Å². The maximum atomic E-state index is 5.69. The summed E-state index contributed by atoms with van der Waals surface area (Å²) in [4.78, 5) is 6.74. The van der Waals surface area contributed by atoms with Crippen LogP contribution in [-0.4, -0.2) is 31.2 Å². The molecule has 0 saturated carbocycles. The van der Waals surface area contributed by atoms with Gasteiger partial charge in [-0.1, -0.05) is 0 Å². The third kappa shape index (κ3) is 2.13. The number of thiazole rings is 1. The van der Waals surface area contributed by atoms with Crippen molar-refractivity contribution in [3.8, 4) is 0 Å². The van der Waals surface area contributed by atoms with E-state index in [1.165, 1.54) is 0 Å². The molecule has 0 spiro atoms. The second-order valence-corrected chi connectivity index (χ2v) is 4.10. The Hall–Kier alpha value is -0.320. The molecule has 0 amide bonds. The number of hydrogen-bond donors (Lipinski definition) is 1. The summed E-state index contributed by atoms with van der Waals surface area (Å²) < 4.78 is 0. The summed E-state index contributed by atoms with van der Waals surface area (Å²) in [5, 5.41) is 6.45. The third-order valence-corrected chi connectivity index (χ3v) is 3.29. The van der Waals surface area contributed by atoms with Crippen LogP contribution in [0.2, 0.25) is 0 Å². The highest BCUT2D eigenvalue weighted by molar-refractivity contribution is 7.13. The molecule has 2 rings (SSSR count). The van der Waals surface area contributed by atoms with Crippen LogP contribution in [0.1, 0.15) is 5.69 Å². The van der Waals surface area contributed by atoms with Gasteiger partial charge in [0.15, 0.2) is 5.13 Å². The Morgan fingerprint density at radius 1 is 1.54 bits per heavy atom. The molecule has 1 aliphatic rings. The number of alkyl halides is 1. The molecule has 1 N–H and O–H groups in total. The van der Waals surface area contributed by atoms with Gasteiger partial charge < -0.3 is 10.2 Å². The van der Waals surface area contributed by atoms with Crippen molar-refractivity contribution >= 4 is 28.1 Å². The van der Waals surface area contributed by atoms with Gasteiger partial charge in [0.25, 0.3) is 0 Å². The van der Waals surface area contributed by atoms with Gasteiger partial charge >= 0.3 is 0 Å². The lowest BCUT2D eigenvalue weighted by Crippen LogP contribution is -2.43. The zero-order valence-electron chi connectivity index (χ0n) is 7.29. The Kier molecular flexibility index (Phi) is 3.03. The molecule has 13 heavy (non-hydrogen) atoms. The summed E-state index contributed by atoms with van der Waals surface area (Å²) in [5.74, 6) is 0.516. The van der Waals surface area contributed by atoms with Gasteiger partial charge in [0.05, 0.1) is 11.6 Å². The first-order valence-corrected chi connectivity index (χ1v) is 5.77. The van der Waals surface area contributed by atoms with Crippen LogP contribution in [0.5, 0.6) is 0 Å². The molecule has 0 aromatic carbocycles. The molecule has 0 atom stereocenters. The van der Waals surface area contributed by atoms with E-state index in [9.17, 15) is 0 Å². The van der Waals surface area contributed by atoms with Crippen molar-refractivity contribution in [2.24, 2.45) is 0 Å². The summed E-state index contributed by atoms with van der Waals surface area (Å²) in [5.41, 5.74) is 0.986. The molecular formula is C8H12ClN3S. The van der Waals surface area contributed by atoms with Crippen molar-refractivity contribution in [2.45, 2.75) is 5.88 Å². The van der Waals surface area contributed by atoms with Crippen LogP contribution in [0, 0.1) is 0 Å². The van der Waals surface area contributed by atoms with Gasteiger partial charge in [-0.15, -0.1) is 22.9 Å². The minimum Gasteiger partial charge on any atom is -0.346 e. The maximum Gasteiger partial charge on any atom is 0.185 e. The fourth-order valence-electron chi connectivity index (χ4n) is 1.36. The van der Waals surface area contributed by atoms with Crippen molar-refractivity contribution in [1.29, 1.82) is 0 Å². The highest BCUT2D eigenvalue weighted by atomic mass is 35.5. The number of nitrogens with one attached hydrogen (secondary N) is 1. The monoisotopic (exact) mass is 217 g/mol. The van der Waals surface area contributed by atoms with E-state index in [4.69, 9.17) is 11.6 Å². The fourth-order valence-corrected chi connectivity index (χ4v) is 2.47. The SMILES string of the molecule is ClCc1csc(N2CCNCC2)n1. The van der Waals surface area contributed by atoms with E-state index in [2.05, 4.69) is 15.2 Å². The molecular weight excluding hydrogens is 206 g/mol. The topological polar surface area (TPSA) is 28.2 Å². The van der Waals surface area contributed by atoms with Crippen molar-refractivity contribution in [3.63, 3.8) is 0 Å². The highest BCUT2D eigenvalue weighted by Gasteiger charge is 2.13. The van der Waals surface area contributed by atoms with Crippen molar-refractivity contribution < 1.29 is 0 Å². The zero-order chi connectivity index (χ0) is 9.10. The average Bonchev–Trinajstić information content (AvgIpc) is 2.67. The van der Waals surface area contributed by atoms with E-state index in [0.717, 1.165) is 37.0 Å². The van der Waals surface area contributed by atoms with Gasteiger partial charge in [-0.3, -0.25) is 0 Å². The van der Waals surface area contributed by atoms with Crippen LogP contribution >= 0.6 is 22.9 Å². The molecule has 1 aromatic heterocycles. The molecule has 72 valence electrons. The number of aromatic nitrogens is 1. The van der Waals surface area contributed by atoms with Crippen molar-refractivity contribution in [1.82, 2.24) is 10.3 Å². The van der Waals surface area contributed by atoms with E-state index in [0.29, 0.717) is 5.88 Å². The molecule has 1 aliphatic heterocycles. The minimum atomic E-state index is 0.516. The molecule has 0 radical (unpaired) electrons. The Morgan fingerprint density at radius 2 is 2.31 bits per heavy atom. The predicted molar refractivity (Wildman–Crippen MR) is 56.8 cm³/mol. The number of nitrogens with zero attached hydrogens (tertiary/aromatic N) is 2. The second kappa shape index (κ2) is 4.26. The van der Waals surface area contributed by atoms with Crippen molar-refractivity contribution in [2.75, 3.05) is 31.1 Å². The number of halogens is 1. The summed E-state index contributed by atoms with van der Waals surface area (Å²) in [7, 11) is 0. The fraction of sp³-hybridized carbons (Fsp3) is 0.625. The minimum absolute atomic E-state index is 0.516. The van der Waals surface area contributed by atoms with E-state index in [1.807, 2.05) is 5.38 Å². The summed E-state index contributed by atoms with van der Waals surface area (Å²) in [6.45, 7) is 4.20. The van der Waals surface area contributed by atoms with Gasteiger partial charge in [0.1, 0.15) is 0 Å². The van der Waals surface area contributed by atoms with Crippen LogP contribution in [0.25, 0.3) is 0 Å². The van der Waals surface area contributed by atoms with Crippen LogP contribution in [-0.2, 0) is 5.88 Å². The molecule has 1 saturated heterocycles. The Balaban J connectivity index is 2.05. The molecule has 3 nitrogen and oxygen atoms in total. The van der Waals surface area contributed by atoms with Crippen LogP contribution < -0.4 is 10.2 Å². The van der Waals surface area contributed by atoms with Crippen LogP contribution in [0.3, 0.4) is 0 Å². The lowest BCUT2D eigenvalue weighted by atomic mass is 10.4. The standard InChI is InChI=1S/C8H12ClN3S/c9-5-7-6-13-8(11-7)12-3-1-10-2-4-12/h6,10H,1-5H2. The Bertz CT molecular complexity index is 270. The molecule has 0 unspecified atom stereocenters. The third-order valence-electron chi connectivity index (χ3n) is 2.06. The first-order valence-electron chi connectivity index (χ1n) is 4.36. The maximum absolute atomic E-state index is 5.69. The quantitative estimate of drug-likeness (QED) is 0.757. The zero-order valence-corrected chi connectivity index (χ0v) is 8.87. The van der Waals surface area contributed by atoms with Crippen molar-refractivity contribution in [3.05, 3.63) is 11.1 Å². The second-order valence-electron chi connectivity index (χ2n) is 2.99. The van der Waals surface area contributed by atoms with Gasteiger partial charge in [-0.2, -0.15) is 0 Å². The number of rotatable bonds is 2. The normalized spacial score (nSPS) is 17.8. The summed E-state index contributed by atoms with van der Waals surface area (Å²) in [6, 6.07) is 0. The van der Waals surface area contributed by atoms with E-state index >= 15 is 0 Å². The summed E-state index contributed by atoms with van der Waals surface area (Å²) in [6.07, 6.45) is 0. The number of anilines is 1. The molecule has 5 heteroatoms. The lowest BCUT2D eigenvalue weighted by molar-refractivity contribution is 0.588. The predicted octanol–water partition coefficient (Wildman–Crippen LogP) is 1.29. The molecule has 0 aliphatic carbocycles. The number of piperazine rings is 1. The molecule has 2 heterocycles. The van der Waals surface area contributed by atoms with Gasteiger partial charge in [-0.05, 0) is 0 Å². The lowest BCUT2D eigenvalue weighted by Gasteiger charge is -2.26. The first-order chi connectivity index (χ1) is 6.40. The van der Waals surface area contributed by atoms with E-state index in [1.54, 1.807) is 11.3 Å².